The van der Waals surface area contributed by atoms with Gasteiger partial charge in [-0.05, 0) is 17.5 Å². The number of hydrogen-bond donors (Lipinski definition) is 1. The molecule has 0 aliphatic rings. The molecule has 0 amide bonds. The van der Waals surface area contributed by atoms with E-state index in [9.17, 15) is 20.3 Å². The van der Waals surface area contributed by atoms with Crippen molar-refractivity contribution in [2.45, 2.75) is 0 Å². The summed E-state index contributed by atoms with van der Waals surface area (Å²) in [6, 6.07) is 10.7. The number of thiophene rings is 1. The van der Waals surface area contributed by atoms with Gasteiger partial charge in [0, 0.05) is 27.9 Å². The number of rotatable bonds is 3. The quantitative estimate of drug-likeness (QED) is 0.455. The van der Waals surface area contributed by atoms with Crippen LogP contribution in [0.5, 0.6) is 11.5 Å². The zero-order valence-corrected chi connectivity index (χ0v) is 11.9. The van der Waals surface area contributed by atoms with Gasteiger partial charge in [-0.2, -0.15) is 0 Å². The lowest BCUT2D eigenvalue weighted by atomic mass is 10.2. The largest absolute Gasteiger partial charge is 0.871 e. The predicted octanol–water partition coefficient (Wildman–Crippen LogP) is 3.34. The first-order chi connectivity index (χ1) is 10.6. The minimum absolute atomic E-state index is 0.0473. The summed E-state index contributed by atoms with van der Waals surface area (Å²) < 4.78 is 0.845. The number of hydrogen-bond acceptors (Lipinski definition) is 6. The maximum Gasteiger partial charge on any atom is 0.271 e. The lowest BCUT2D eigenvalue weighted by molar-refractivity contribution is -0.384. The normalized spacial score (nSPS) is 11.3. The van der Waals surface area contributed by atoms with Gasteiger partial charge in [0.15, 0.2) is 0 Å². The molecular formula is C15H9N2O4S-. The van der Waals surface area contributed by atoms with E-state index in [1.54, 1.807) is 12.1 Å². The van der Waals surface area contributed by atoms with Crippen LogP contribution in [-0.2, 0) is 0 Å². The molecule has 6 nitrogen and oxygen atoms in total. The van der Waals surface area contributed by atoms with Crippen LogP contribution in [0.25, 0.3) is 10.1 Å². The monoisotopic (exact) mass is 313 g/mol. The zero-order chi connectivity index (χ0) is 15.7. The molecule has 110 valence electrons. The molecule has 0 fully saturated rings. The van der Waals surface area contributed by atoms with Gasteiger partial charge in [-0.25, -0.2) is 0 Å². The van der Waals surface area contributed by atoms with Crippen LogP contribution < -0.4 is 5.11 Å². The number of aromatic hydroxyl groups is 1. The molecule has 0 aliphatic carbocycles. The predicted molar refractivity (Wildman–Crippen MR) is 83.3 cm³/mol. The van der Waals surface area contributed by atoms with Crippen LogP contribution >= 0.6 is 11.3 Å². The van der Waals surface area contributed by atoms with Crippen molar-refractivity contribution in [1.29, 1.82) is 0 Å². The first-order valence-electron chi connectivity index (χ1n) is 6.26. The summed E-state index contributed by atoms with van der Waals surface area (Å²) in [6.45, 7) is 0. The number of nitro groups is 1. The molecule has 0 spiro atoms. The average Bonchev–Trinajstić information content (AvgIpc) is 2.83. The maximum absolute atomic E-state index is 12.2. The number of benzene rings is 2. The summed E-state index contributed by atoms with van der Waals surface area (Å²) in [5.41, 5.74) is -0.130. The molecule has 0 saturated carbocycles. The molecule has 0 aliphatic heterocycles. The molecule has 3 rings (SSSR count). The van der Waals surface area contributed by atoms with Crippen LogP contribution in [0.4, 0.5) is 11.4 Å². The molecule has 1 heterocycles. The van der Waals surface area contributed by atoms with Crippen LogP contribution in [0, 0.1) is 10.1 Å². The van der Waals surface area contributed by atoms with Crippen LogP contribution in [0.15, 0.2) is 47.5 Å². The van der Waals surface area contributed by atoms with Gasteiger partial charge in [0.1, 0.15) is 11.4 Å². The van der Waals surface area contributed by atoms with Gasteiger partial charge in [0.25, 0.3) is 5.69 Å². The van der Waals surface area contributed by atoms with Crippen LogP contribution in [0.3, 0.4) is 0 Å². The third-order valence-electron chi connectivity index (χ3n) is 3.07. The fourth-order valence-corrected chi connectivity index (χ4v) is 2.94. The fourth-order valence-electron chi connectivity index (χ4n) is 1.98. The van der Waals surface area contributed by atoms with Crippen molar-refractivity contribution in [1.82, 2.24) is 0 Å². The summed E-state index contributed by atoms with van der Waals surface area (Å²) >= 11 is 1.28. The summed E-state index contributed by atoms with van der Waals surface area (Å²) in [7, 11) is 0. The Morgan fingerprint density at radius 1 is 1.23 bits per heavy atom. The van der Waals surface area contributed by atoms with Gasteiger partial charge >= 0.3 is 0 Å². The Kier molecular flexibility index (Phi) is 3.48. The van der Waals surface area contributed by atoms with Crippen molar-refractivity contribution < 1.29 is 15.1 Å². The molecule has 0 radical (unpaired) electrons. The van der Waals surface area contributed by atoms with E-state index in [-0.39, 0.29) is 22.9 Å². The van der Waals surface area contributed by atoms with Gasteiger partial charge in [-0.15, -0.1) is 11.3 Å². The lowest BCUT2D eigenvalue weighted by Gasteiger charge is -2.04. The summed E-state index contributed by atoms with van der Waals surface area (Å²) in [5, 5.41) is 33.2. The van der Waals surface area contributed by atoms with E-state index in [0.29, 0.717) is 10.3 Å². The highest BCUT2D eigenvalue weighted by Gasteiger charge is 2.09. The van der Waals surface area contributed by atoms with Gasteiger partial charge in [-0.3, -0.25) is 15.1 Å². The topological polar surface area (TPSA) is 98.8 Å². The first-order valence-corrected chi connectivity index (χ1v) is 7.08. The number of phenols is 1. The minimum Gasteiger partial charge on any atom is -0.871 e. The Balaban J connectivity index is 2.01. The Labute approximate surface area is 128 Å². The van der Waals surface area contributed by atoms with E-state index in [2.05, 4.69) is 4.99 Å². The van der Waals surface area contributed by atoms with Crippen molar-refractivity contribution >= 4 is 39.0 Å². The van der Waals surface area contributed by atoms with E-state index in [0.717, 1.165) is 10.8 Å². The molecule has 1 N–H and O–H groups in total. The second kappa shape index (κ2) is 5.45. The molecular weight excluding hydrogens is 304 g/mol. The Bertz CT molecular complexity index is 902. The number of nitro benzene ring substituents is 1. The second-order valence-electron chi connectivity index (χ2n) is 4.48. The molecule has 2 aromatic carbocycles. The molecule has 0 atom stereocenters. The van der Waals surface area contributed by atoms with Crippen LogP contribution in [0.1, 0.15) is 4.88 Å². The SMILES string of the molecule is O=[N+]([O-])c1ccc(O)c(N=Cc2sc3ccccc3c2[O-])c1. The number of nitrogens with zero attached hydrogens (tertiary/aromatic N) is 2. The van der Waals surface area contributed by atoms with E-state index in [1.165, 1.54) is 29.7 Å². The lowest BCUT2D eigenvalue weighted by Crippen LogP contribution is -1.91. The molecule has 3 aromatic rings. The van der Waals surface area contributed by atoms with Crippen molar-refractivity contribution in [2.75, 3.05) is 0 Å². The highest BCUT2D eigenvalue weighted by Crippen LogP contribution is 2.35. The Hall–Kier alpha value is -2.93. The summed E-state index contributed by atoms with van der Waals surface area (Å²) in [6.07, 6.45) is 1.33. The maximum atomic E-state index is 12.2. The van der Waals surface area contributed by atoms with E-state index < -0.39 is 4.92 Å². The van der Waals surface area contributed by atoms with E-state index >= 15 is 0 Å². The van der Waals surface area contributed by atoms with Gasteiger partial charge in [0.05, 0.1) is 4.92 Å². The molecule has 7 heteroatoms. The van der Waals surface area contributed by atoms with Gasteiger partial charge in [0.2, 0.25) is 0 Å². The summed E-state index contributed by atoms with van der Waals surface area (Å²) in [4.78, 5) is 14.6. The van der Waals surface area contributed by atoms with Gasteiger partial charge in [-0.1, -0.05) is 23.9 Å². The third kappa shape index (κ3) is 2.49. The average molecular weight is 313 g/mol. The number of fused-ring (bicyclic) bond motifs is 1. The standard InChI is InChI=1S/C15H10N2O4S/c18-12-6-5-9(17(20)21)7-11(12)16-8-14-15(19)10-3-1-2-4-13(10)22-14/h1-8,18-19H/p-1. The molecule has 0 saturated heterocycles. The molecule has 0 unspecified atom stereocenters. The smallest absolute Gasteiger partial charge is 0.271 e. The van der Waals surface area contributed by atoms with Crippen LogP contribution in [-0.4, -0.2) is 16.2 Å². The first kappa shape index (κ1) is 14.0. The van der Waals surface area contributed by atoms with Crippen LogP contribution in [0.2, 0.25) is 0 Å². The fraction of sp³-hybridized carbons (Fsp3) is 0. The minimum atomic E-state index is -0.572. The number of phenolic OH excluding ortho intramolecular Hbond substituents is 1. The Morgan fingerprint density at radius 3 is 2.73 bits per heavy atom. The van der Waals surface area contributed by atoms with Gasteiger partial charge < -0.3 is 10.2 Å². The van der Waals surface area contributed by atoms with E-state index in [4.69, 9.17) is 0 Å². The highest BCUT2D eigenvalue weighted by atomic mass is 32.1. The number of non-ortho nitro benzene ring substituents is 1. The van der Waals surface area contributed by atoms with Crippen molar-refractivity contribution in [3.63, 3.8) is 0 Å². The van der Waals surface area contributed by atoms with Crippen molar-refractivity contribution in [3.8, 4) is 11.5 Å². The zero-order valence-electron chi connectivity index (χ0n) is 11.1. The second-order valence-corrected chi connectivity index (χ2v) is 5.56. The molecule has 0 bridgehead atoms. The van der Waals surface area contributed by atoms with E-state index in [1.807, 2.05) is 12.1 Å². The van der Waals surface area contributed by atoms with Crippen molar-refractivity contribution in [3.05, 3.63) is 57.5 Å². The Morgan fingerprint density at radius 2 is 2.00 bits per heavy atom. The molecule has 1 aromatic heterocycles. The third-order valence-corrected chi connectivity index (χ3v) is 4.15. The van der Waals surface area contributed by atoms with Crippen molar-refractivity contribution in [2.24, 2.45) is 4.99 Å². The summed E-state index contributed by atoms with van der Waals surface area (Å²) in [5.74, 6) is -0.329. The number of aliphatic imine (C=N–C) groups is 1. The molecule has 22 heavy (non-hydrogen) atoms. The highest BCUT2D eigenvalue weighted by molar-refractivity contribution is 7.21.